The molecule has 0 saturated carbocycles. The zero-order chi connectivity index (χ0) is 20.2. The van der Waals surface area contributed by atoms with Gasteiger partial charge in [0.1, 0.15) is 0 Å². The molecule has 29 heavy (non-hydrogen) atoms. The van der Waals surface area contributed by atoms with E-state index >= 15 is 0 Å². The van der Waals surface area contributed by atoms with Crippen LogP contribution in [0.3, 0.4) is 0 Å². The van der Waals surface area contributed by atoms with E-state index < -0.39 is 0 Å². The van der Waals surface area contributed by atoms with Gasteiger partial charge in [0.25, 0.3) is 11.8 Å². The van der Waals surface area contributed by atoms with Crippen LogP contribution in [0.1, 0.15) is 20.8 Å². The fourth-order valence-corrected chi connectivity index (χ4v) is 2.97. The van der Waals surface area contributed by atoms with Crippen molar-refractivity contribution in [3.63, 3.8) is 0 Å². The summed E-state index contributed by atoms with van der Waals surface area (Å²) >= 11 is 0. The first-order valence-corrected chi connectivity index (χ1v) is 9.03. The number of benzene rings is 1. The van der Waals surface area contributed by atoms with E-state index in [0.29, 0.717) is 43.2 Å². The maximum Gasteiger partial charge on any atom is 0.278 e. The number of ether oxygens (including phenoxy) is 1. The van der Waals surface area contributed by atoms with Crippen molar-refractivity contribution >= 4 is 23.3 Å². The highest BCUT2D eigenvalue weighted by Gasteiger charge is 2.25. The van der Waals surface area contributed by atoms with Gasteiger partial charge in [0.15, 0.2) is 11.5 Å². The van der Waals surface area contributed by atoms with E-state index in [2.05, 4.69) is 20.6 Å². The van der Waals surface area contributed by atoms with Crippen LogP contribution < -0.4 is 11.1 Å². The molecule has 0 aliphatic carbocycles. The lowest BCUT2D eigenvalue weighted by Gasteiger charge is -2.26. The number of nitrogens with zero attached hydrogens (tertiary/aromatic N) is 5. The van der Waals surface area contributed by atoms with Crippen LogP contribution in [-0.2, 0) is 4.74 Å². The number of carbonyl (C=O) groups is 2. The number of hydrogen-bond acceptors (Lipinski definition) is 7. The van der Waals surface area contributed by atoms with Gasteiger partial charge in [-0.2, -0.15) is 4.68 Å². The van der Waals surface area contributed by atoms with Gasteiger partial charge in [-0.1, -0.05) is 11.3 Å². The molecule has 3 aromatic rings. The molecule has 3 N–H and O–H groups in total. The fourth-order valence-electron chi connectivity index (χ4n) is 2.97. The Kier molecular flexibility index (Phi) is 5.16. The standard InChI is InChI=1S/C19H19N7O3/c20-17-16(19(28)25-8-10-29-11-9-25)23-24-26(17)15-3-1-2-14(12-15)22-18(27)13-4-6-21-7-5-13/h1-7,12H,8-11,20H2,(H,22,27). The summed E-state index contributed by atoms with van der Waals surface area (Å²) < 4.78 is 6.63. The van der Waals surface area contributed by atoms with Crippen molar-refractivity contribution in [1.82, 2.24) is 24.9 Å². The third kappa shape index (κ3) is 3.92. The number of carbonyl (C=O) groups excluding carboxylic acids is 2. The van der Waals surface area contributed by atoms with Crippen molar-refractivity contribution in [2.24, 2.45) is 0 Å². The maximum absolute atomic E-state index is 12.6. The summed E-state index contributed by atoms with van der Waals surface area (Å²) in [5.74, 6) is -0.405. The average molecular weight is 393 g/mol. The fraction of sp³-hybridized carbons (Fsp3) is 0.211. The Morgan fingerprint density at radius 2 is 1.86 bits per heavy atom. The SMILES string of the molecule is Nc1c(C(=O)N2CCOCC2)nnn1-c1cccc(NC(=O)c2ccncc2)c1. The van der Waals surface area contributed by atoms with Crippen LogP contribution in [0.25, 0.3) is 5.69 Å². The van der Waals surface area contributed by atoms with Crippen LogP contribution in [0.5, 0.6) is 0 Å². The zero-order valence-corrected chi connectivity index (χ0v) is 15.5. The van der Waals surface area contributed by atoms with Crippen molar-refractivity contribution in [3.8, 4) is 5.69 Å². The summed E-state index contributed by atoms with van der Waals surface area (Å²) in [4.78, 5) is 30.5. The van der Waals surface area contributed by atoms with Gasteiger partial charge in [0.2, 0.25) is 0 Å². The second-order valence-electron chi connectivity index (χ2n) is 6.38. The Bertz CT molecular complexity index is 1030. The van der Waals surface area contributed by atoms with Crippen LogP contribution >= 0.6 is 0 Å². The van der Waals surface area contributed by atoms with Gasteiger partial charge in [0.05, 0.1) is 18.9 Å². The molecule has 0 radical (unpaired) electrons. The minimum absolute atomic E-state index is 0.0955. The first-order chi connectivity index (χ1) is 14.1. The molecule has 2 amide bonds. The molecule has 3 heterocycles. The molecule has 1 aromatic carbocycles. The van der Waals surface area contributed by atoms with Crippen molar-refractivity contribution < 1.29 is 14.3 Å². The Morgan fingerprint density at radius 3 is 2.62 bits per heavy atom. The van der Waals surface area contributed by atoms with Crippen molar-refractivity contribution in [3.05, 3.63) is 60.0 Å². The van der Waals surface area contributed by atoms with E-state index in [1.165, 1.54) is 4.68 Å². The van der Waals surface area contributed by atoms with Crippen molar-refractivity contribution in [2.45, 2.75) is 0 Å². The van der Waals surface area contributed by atoms with Gasteiger partial charge in [-0.05, 0) is 30.3 Å². The number of rotatable bonds is 4. The summed E-state index contributed by atoms with van der Waals surface area (Å²) in [5.41, 5.74) is 7.86. The number of pyridine rings is 1. The molecule has 0 bridgehead atoms. The van der Waals surface area contributed by atoms with E-state index in [1.54, 1.807) is 53.7 Å². The molecule has 10 nitrogen and oxygen atoms in total. The predicted octanol–water partition coefficient (Wildman–Crippen LogP) is 0.969. The molecule has 0 atom stereocenters. The van der Waals surface area contributed by atoms with Crippen molar-refractivity contribution in [1.29, 1.82) is 0 Å². The Hall–Kier alpha value is -3.79. The Morgan fingerprint density at radius 1 is 1.10 bits per heavy atom. The summed E-state index contributed by atoms with van der Waals surface area (Å²) in [6.45, 7) is 1.95. The van der Waals surface area contributed by atoms with Gasteiger partial charge in [-0.3, -0.25) is 14.6 Å². The van der Waals surface area contributed by atoms with Gasteiger partial charge >= 0.3 is 0 Å². The third-order valence-electron chi connectivity index (χ3n) is 4.50. The summed E-state index contributed by atoms with van der Waals surface area (Å²) in [6.07, 6.45) is 3.10. The number of nitrogens with two attached hydrogens (primary N) is 1. The molecule has 0 unspecified atom stereocenters. The predicted molar refractivity (Wildman–Crippen MR) is 105 cm³/mol. The lowest BCUT2D eigenvalue weighted by Crippen LogP contribution is -2.41. The zero-order valence-electron chi connectivity index (χ0n) is 15.5. The summed E-state index contributed by atoms with van der Waals surface area (Å²) in [6, 6.07) is 10.2. The number of nitrogens with one attached hydrogen (secondary N) is 1. The molecule has 10 heteroatoms. The average Bonchev–Trinajstić information content (AvgIpc) is 3.16. The molecule has 148 valence electrons. The lowest BCUT2D eigenvalue weighted by atomic mass is 10.2. The van der Waals surface area contributed by atoms with E-state index in [4.69, 9.17) is 10.5 Å². The van der Waals surface area contributed by atoms with Crippen LogP contribution in [0, 0.1) is 0 Å². The number of morpholine rings is 1. The highest BCUT2D eigenvalue weighted by molar-refractivity contribution is 6.04. The van der Waals surface area contributed by atoms with Crippen molar-refractivity contribution in [2.75, 3.05) is 37.4 Å². The molecule has 1 aliphatic heterocycles. The molecule has 1 fully saturated rings. The molecule has 1 saturated heterocycles. The maximum atomic E-state index is 12.6. The Labute approximate surface area is 166 Å². The van der Waals surface area contributed by atoms with Crippen LogP contribution in [0.4, 0.5) is 11.5 Å². The molecule has 1 aliphatic rings. The lowest BCUT2D eigenvalue weighted by molar-refractivity contribution is 0.0299. The van der Waals surface area contributed by atoms with Crippen LogP contribution in [0.2, 0.25) is 0 Å². The first-order valence-electron chi connectivity index (χ1n) is 9.03. The largest absolute Gasteiger partial charge is 0.382 e. The molecule has 0 spiro atoms. The second kappa shape index (κ2) is 8.07. The third-order valence-corrected chi connectivity index (χ3v) is 4.50. The minimum Gasteiger partial charge on any atom is -0.382 e. The number of hydrogen-bond donors (Lipinski definition) is 2. The topological polar surface area (TPSA) is 128 Å². The highest BCUT2D eigenvalue weighted by atomic mass is 16.5. The van der Waals surface area contributed by atoms with E-state index in [1.807, 2.05) is 0 Å². The smallest absolute Gasteiger partial charge is 0.278 e. The van der Waals surface area contributed by atoms with Gasteiger partial charge in [0, 0.05) is 36.7 Å². The molecular formula is C19H19N7O3. The van der Waals surface area contributed by atoms with E-state index in [0.717, 1.165) is 0 Å². The number of amides is 2. The van der Waals surface area contributed by atoms with Gasteiger partial charge in [-0.25, -0.2) is 0 Å². The van der Waals surface area contributed by atoms with Gasteiger partial charge < -0.3 is 20.7 Å². The molecular weight excluding hydrogens is 374 g/mol. The van der Waals surface area contributed by atoms with Gasteiger partial charge in [-0.15, -0.1) is 5.10 Å². The quantitative estimate of drug-likeness (QED) is 0.676. The molecule has 4 rings (SSSR count). The highest BCUT2D eigenvalue weighted by Crippen LogP contribution is 2.20. The first kappa shape index (κ1) is 18.6. The Balaban J connectivity index is 1.55. The molecule has 2 aromatic heterocycles. The van der Waals surface area contributed by atoms with E-state index in [9.17, 15) is 9.59 Å². The normalized spacial score (nSPS) is 13.9. The van der Waals surface area contributed by atoms with E-state index in [-0.39, 0.29) is 23.3 Å². The number of aromatic nitrogens is 4. The number of anilines is 2. The monoisotopic (exact) mass is 393 g/mol. The van der Waals surface area contributed by atoms with Crippen LogP contribution in [0.15, 0.2) is 48.8 Å². The minimum atomic E-state index is -0.279. The van der Waals surface area contributed by atoms with Crippen LogP contribution in [-0.4, -0.2) is 63.0 Å². The number of nitrogen functional groups attached to an aromatic ring is 1. The summed E-state index contributed by atoms with van der Waals surface area (Å²) in [7, 11) is 0. The second-order valence-corrected chi connectivity index (χ2v) is 6.38. The summed E-state index contributed by atoms with van der Waals surface area (Å²) in [5, 5.41) is 10.8.